The molecule has 4 atom stereocenters. The van der Waals surface area contributed by atoms with Crippen molar-refractivity contribution in [3.63, 3.8) is 0 Å². The number of hydrogen-bond donors (Lipinski definition) is 3. The summed E-state index contributed by atoms with van der Waals surface area (Å²) in [6.45, 7) is 11.8. The van der Waals surface area contributed by atoms with Crippen molar-refractivity contribution in [1.29, 1.82) is 0 Å². The van der Waals surface area contributed by atoms with Gasteiger partial charge in [0, 0.05) is 42.8 Å². The summed E-state index contributed by atoms with van der Waals surface area (Å²) in [5.74, 6) is -0.996. The molecule has 290 valence electrons. The number of nitrogens with one attached hydrogen (secondary N) is 2. The van der Waals surface area contributed by atoms with Gasteiger partial charge in [-0.05, 0) is 56.1 Å². The average Bonchev–Trinajstić information content (AvgIpc) is 4.03. The Balaban J connectivity index is 1.31. The van der Waals surface area contributed by atoms with Gasteiger partial charge >= 0.3 is 6.03 Å². The minimum absolute atomic E-state index is 0.0142. The molecule has 0 spiro atoms. The van der Waals surface area contributed by atoms with Gasteiger partial charge in [0.25, 0.3) is 5.91 Å². The molecule has 3 aliphatic rings. The fourth-order valence-electron chi connectivity index (χ4n) is 6.77. The predicted molar refractivity (Wildman–Crippen MR) is 209 cm³/mol. The number of benzene rings is 1. The number of likely N-dealkylation sites (N-methyl/N-ethyl adjacent to an activating group) is 1. The van der Waals surface area contributed by atoms with Gasteiger partial charge in [0.1, 0.15) is 34.1 Å². The normalized spacial score (nSPS) is 22.3. The number of sulfonamides is 1. The van der Waals surface area contributed by atoms with Gasteiger partial charge < -0.3 is 25.0 Å². The first-order valence-electron chi connectivity index (χ1n) is 18.2. The lowest BCUT2D eigenvalue weighted by Crippen LogP contribution is -2.57. The number of pyridine rings is 1. The zero-order valence-corrected chi connectivity index (χ0v) is 33.1. The lowest BCUT2D eigenvalue weighted by Gasteiger charge is -2.29. The number of urea groups is 1. The van der Waals surface area contributed by atoms with Gasteiger partial charge in [-0.2, -0.15) is 0 Å². The van der Waals surface area contributed by atoms with E-state index in [1.807, 2.05) is 11.5 Å². The van der Waals surface area contributed by atoms with Gasteiger partial charge in [0.15, 0.2) is 0 Å². The molecule has 1 saturated heterocycles. The minimum Gasteiger partial charge on any atom is -0.488 e. The van der Waals surface area contributed by atoms with Crippen molar-refractivity contribution in [2.24, 2.45) is 5.92 Å². The molecule has 2 saturated carbocycles. The lowest BCUT2D eigenvalue weighted by molar-refractivity contribution is -0.134. The second kappa shape index (κ2) is 16.0. The van der Waals surface area contributed by atoms with Crippen LogP contribution < -0.4 is 14.8 Å². The van der Waals surface area contributed by atoms with Crippen LogP contribution in [0.15, 0.2) is 48.9 Å². The maximum absolute atomic E-state index is 14.2. The Morgan fingerprint density at radius 3 is 2.61 bits per heavy atom. The average molecular weight is 799 g/mol. The van der Waals surface area contributed by atoms with Crippen LogP contribution in [0.5, 0.6) is 5.75 Å². The molecular formula is C38H47ClN6O7S2. The molecule has 3 N–H and O–H groups in total. The summed E-state index contributed by atoms with van der Waals surface area (Å²) in [6, 6.07) is 3.59. The Morgan fingerprint density at radius 2 is 1.98 bits per heavy atom. The molecule has 2 aliphatic carbocycles. The molecule has 1 aromatic carbocycles. The molecule has 3 heterocycles. The second-order valence-electron chi connectivity index (χ2n) is 14.6. The molecule has 3 aromatic rings. The fraction of sp³-hybridized carbons (Fsp3) is 0.500. The summed E-state index contributed by atoms with van der Waals surface area (Å²) in [5, 5.41) is 15.6. The third kappa shape index (κ3) is 8.14. The topological polar surface area (TPSA) is 171 Å². The van der Waals surface area contributed by atoms with E-state index in [1.54, 1.807) is 30.1 Å². The first-order valence-corrected chi connectivity index (χ1v) is 21.0. The zero-order chi connectivity index (χ0) is 38.9. The molecule has 13 nitrogen and oxygen atoms in total. The van der Waals surface area contributed by atoms with Crippen LogP contribution in [0.2, 0.25) is 5.02 Å². The summed E-state index contributed by atoms with van der Waals surface area (Å²) in [6.07, 6.45) is 6.32. The van der Waals surface area contributed by atoms with Crippen LogP contribution in [-0.2, 0) is 26.2 Å². The number of thiazole rings is 1. The van der Waals surface area contributed by atoms with Crippen LogP contribution in [0.4, 0.5) is 4.79 Å². The summed E-state index contributed by atoms with van der Waals surface area (Å²) >= 11 is 8.20. The highest BCUT2D eigenvalue weighted by molar-refractivity contribution is 7.91. The predicted octanol–water partition coefficient (Wildman–Crippen LogP) is 5.53. The van der Waals surface area contributed by atoms with Gasteiger partial charge in [0.05, 0.1) is 34.6 Å². The molecule has 2 aromatic heterocycles. The number of carbonyl (C=O) groups is 3. The Kier molecular flexibility index (Phi) is 11.7. The van der Waals surface area contributed by atoms with Gasteiger partial charge in [-0.1, -0.05) is 43.7 Å². The third-order valence-electron chi connectivity index (χ3n) is 10.3. The van der Waals surface area contributed by atoms with Crippen molar-refractivity contribution in [1.82, 2.24) is 29.8 Å². The molecule has 0 bridgehead atoms. The van der Waals surface area contributed by atoms with E-state index in [9.17, 15) is 27.9 Å². The Labute approximate surface area is 324 Å². The van der Waals surface area contributed by atoms with Gasteiger partial charge in [0.2, 0.25) is 15.9 Å². The molecule has 16 heteroatoms. The number of allylic oxidation sites excluding steroid dienone is 1. The first kappa shape index (κ1) is 39.6. The molecule has 3 fully saturated rings. The Hall–Kier alpha value is -4.05. The summed E-state index contributed by atoms with van der Waals surface area (Å²) in [4.78, 5) is 54.3. The van der Waals surface area contributed by atoms with Crippen LogP contribution in [0.25, 0.3) is 21.6 Å². The standard InChI is InChI=1S/C38H47ClN6O7S2/c1-6-8-9-10-15-44(5)35(47)30-16-25(19-45(30)37(49)42-38(18-24(38)7-2)36(48)43-54(50,51)26-12-13-26)52-31-17-28(34-41-29(21-53-34)22(3)4)40-33-27(31)14-11-23(20-46)32(33)39/h6-7,11,14,17,21-22,24-26,30,46H,1-2,8-10,12-13,15-16,18-20H2,3-5H3,(H,42,49)(H,43,48)/t24-,25+,30+,38-/m1/s1. The number of aliphatic hydroxyl groups is 1. The number of carbonyl (C=O) groups excluding carboxylic acids is 3. The fourth-order valence-corrected chi connectivity index (χ4v) is 9.34. The number of amides is 4. The molecule has 6 rings (SSSR count). The van der Waals surface area contributed by atoms with Crippen LogP contribution in [0.1, 0.15) is 76.0 Å². The molecule has 1 aliphatic heterocycles. The summed E-state index contributed by atoms with van der Waals surface area (Å²) in [5.41, 5.74) is 0.809. The smallest absolute Gasteiger partial charge is 0.319 e. The quantitative estimate of drug-likeness (QED) is 0.125. The van der Waals surface area contributed by atoms with Crippen LogP contribution in [-0.4, -0.2) is 94.2 Å². The van der Waals surface area contributed by atoms with Crippen molar-refractivity contribution >= 4 is 61.7 Å². The lowest BCUT2D eigenvalue weighted by atomic mass is 10.1. The number of ether oxygens (including phenoxy) is 1. The van der Waals surface area contributed by atoms with Crippen LogP contribution >= 0.6 is 22.9 Å². The van der Waals surface area contributed by atoms with Crippen molar-refractivity contribution in [2.75, 3.05) is 20.1 Å². The number of fused-ring (bicyclic) bond motifs is 1. The van der Waals surface area contributed by atoms with Crippen molar-refractivity contribution in [3.05, 3.63) is 65.2 Å². The van der Waals surface area contributed by atoms with E-state index in [2.05, 4.69) is 37.0 Å². The van der Waals surface area contributed by atoms with Gasteiger partial charge in [-0.25, -0.2) is 23.2 Å². The maximum Gasteiger partial charge on any atom is 0.319 e. The first-order chi connectivity index (χ1) is 25.7. The largest absolute Gasteiger partial charge is 0.488 e. The van der Waals surface area contributed by atoms with Crippen LogP contribution in [0, 0.1) is 5.92 Å². The van der Waals surface area contributed by atoms with E-state index in [-0.39, 0.29) is 42.8 Å². The number of rotatable bonds is 16. The van der Waals surface area contributed by atoms with Crippen molar-refractivity contribution in [2.45, 2.75) is 94.3 Å². The highest BCUT2D eigenvalue weighted by Crippen LogP contribution is 2.46. The van der Waals surface area contributed by atoms with E-state index >= 15 is 0 Å². The van der Waals surface area contributed by atoms with E-state index in [0.29, 0.717) is 52.3 Å². The molecule has 54 heavy (non-hydrogen) atoms. The maximum atomic E-state index is 14.2. The summed E-state index contributed by atoms with van der Waals surface area (Å²) in [7, 11) is -2.19. The molecule has 0 unspecified atom stereocenters. The van der Waals surface area contributed by atoms with Crippen molar-refractivity contribution < 1.29 is 32.6 Å². The number of aromatic nitrogens is 2. The van der Waals surface area contributed by atoms with E-state index in [0.717, 1.165) is 25.0 Å². The zero-order valence-electron chi connectivity index (χ0n) is 30.7. The Bertz CT molecular complexity index is 2070. The van der Waals surface area contributed by atoms with Gasteiger partial charge in [-0.3, -0.25) is 14.3 Å². The van der Waals surface area contributed by atoms with E-state index < -0.39 is 50.8 Å². The third-order valence-corrected chi connectivity index (χ3v) is 13.5. The molecular weight excluding hydrogens is 752 g/mol. The SMILES string of the molecule is C=CCCCCN(C)C(=O)[C@@H]1C[C@H](Oc2cc(-c3nc(C(C)C)cs3)nc3c(Cl)c(CO)ccc23)CN1C(=O)N[C@]1(C(=O)NS(=O)(=O)C2CC2)C[C@H]1C=C. The number of likely N-dealkylation sites (tertiary alicyclic amines) is 1. The molecule has 0 radical (unpaired) electrons. The number of halogens is 1. The van der Waals surface area contributed by atoms with Crippen molar-refractivity contribution in [3.8, 4) is 16.5 Å². The highest BCUT2D eigenvalue weighted by atomic mass is 35.5. The summed E-state index contributed by atoms with van der Waals surface area (Å²) < 4.78 is 34.2. The van der Waals surface area contributed by atoms with E-state index in [1.165, 1.54) is 22.3 Å². The van der Waals surface area contributed by atoms with Gasteiger partial charge in [-0.15, -0.1) is 24.5 Å². The monoisotopic (exact) mass is 798 g/mol. The number of nitrogens with zero attached hydrogens (tertiary/aromatic N) is 4. The molecule has 4 amide bonds. The Morgan fingerprint density at radius 1 is 1.22 bits per heavy atom. The number of aliphatic hydroxyl groups excluding tert-OH is 1. The second-order valence-corrected chi connectivity index (χ2v) is 17.8. The number of hydrogen-bond acceptors (Lipinski definition) is 10. The van der Waals surface area contributed by atoms with Crippen LogP contribution in [0.3, 0.4) is 0 Å². The number of unbranched alkanes of at least 4 members (excludes halogenated alkanes) is 2. The minimum atomic E-state index is -3.88. The highest BCUT2D eigenvalue weighted by Gasteiger charge is 2.62. The van der Waals surface area contributed by atoms with E-state index in [4.69, 9.17) is 26.3 Å².